The van der Waals surface area contributed by atoms with Crippen LogP contribution in [0.25, 0.3) is 0 Å². The molecule has 0 unspecified atom stereocenters. The lowest BCUT2D eigenvalue weighted by molar-refractivity contribution is 0.0993. The van der Waals surface area contributed by atoms with E-state index in [2.05, 4.69) is 10.2 Å². The maximum Gasteiger partial charge on any atom is 0.277 e. The van der Waals surface area contributed by atoms with Crippen LogP contribution in [0.4, 0.5) is 4.39 Å². The summed E-state index contributed by atoms with van der Waals surface area (Å²) in [5, 5.41) is 7.49. The molecule has 0 radical (unpaired) electrons. The number of hydrogen-bond donors (Lipinski definition) is 0. The predicted molar refractivity (Wildman–Crippen MR) is 65.1 cm³/mol. The van der Waals surface area contributed by atoms with Crippen LogP contribution in [0.2, 0.25) is 0 Å². The van der Waals surface area contributed by atoms with E-state index >= 15 is 0 Å². The minimum atomic E-state index is -0.365. The molecule has 1 atom stereocenters. The number of hydrogen-bond acceptors (Lipinski definition) is 5. The molecule has 0 saturated heterocycles. The Hall–Kier alpha value is -1.69. The molecule has 0 amide bonds. The summed E-state index contributed by atoms with van der Waals surface area (Å²) in [6.45, 7) is 3.43. The Morgan fingerprint density at radius 2 is 2.00 bits per heavy atom. The van der Waals surface area contributed by atoms with E-state index in [4.69, 9.17) is 4.42 Å². The Balaban J connectivity index is 2.07. The van der Waals surface area contributed by atoms with Gasteiger partial charge in [-0.3, -0.25) is 4.79 Å². The summed E-state index contributed by atoms with van der Waals surface area (Å²) in [6.07, 6.45) is 0. The molecular formula is C12H11FN2O2S. The fraction of sp³-hybridized carbons (Fsp3) is 0.250. The molecule has 1 aromatic heterocycles. The molecule has 4 nitrogen and oxygen atoms in total. The van der Waals surface area contributed by atoms with E-state index in [1.165, 1.54) is 36.0 Å². The Labute approximate surface area is 108 Å². The van der Waals surface area contributed by atoms with Gasteiger partial charge in [-0.2, -0.15) is 0 Å². The molecule has 18 heavy (non-hydrogen) atoms. The first-order valence-electron chi connectivity index (χ1n) is 5.33. The van der Waals surface area contributed by atoms with Crippen LogP contribution in [0.3, 0.4) is 0 Å². The molecule has 2 rings (SSSR count). The summed E-state index contributed by atoms with van der Waals surface area (Å²) in [5.74, 6) is -0.00540. The molecule has 0 aliphatic rings. The normalized spacial score (nSPS) is 12.4. The highest BCUT2D eigenvalue weighted by Crippen LogP contribution is 2.24. The number of Topliss-reactive ketones (excluding diaryl/α,β-unsaturated/α-hetero) is 1. The van der Waals surface area contributed by atoms with Gasteiger partial charge in [0.05, 0.1) is 5.25 Å². The van der Waals surface area contributed by atoms with Crippen LogP contribution in [-0.2, 0) is 0 Å². The molecule has 1 heterocycles. The first-order chi connectivity index (χ1) is 8.56. The number of thioether (sulfide) groups is 1. The largest absolute Gasteiger partial charge is 0.416 e. The molecule has 0 aliphatic heterocycles. The number of rotatable bonds is 4. The molecule has 0 bridgehead atoms. The number of carbonyl (C=O) groups is 1. The lowest BCUT2D eigenvalue weighted by Gasteiger charge is -2.07. The quantitative estimate of drug-likeness (QED) is 0.629. The molecule has 2 aromatic rings. The highest BCUT2D eigenvalue weighted by atomic mass is 32.2. The number of aromatic nitrogens is 2. The van der Waals surface area contributed by atoms with Gasteiger partial charge in [-0.05, 0) is 31.2 Å². The van der Waals surface area contributed by atoms with Gasteiger partial charge in [0.15, 0.2) is 5.78 Å². The van der Waals surface area contributed by atoms with Crippen molar-refractivity contribution in [3.8, 4) is 0 Å². The summed E-state index contributed by atoms with van der Waals surface area (Å²) in [6, 6.07) is 5.46. The minimum Gasteiger partial charge on any atom is -0.416 e. The number of benzene rings is 1. The van der Waals surface area contributed by atoms with Crippen molar-refractivity contribution < 1.29 is 13.6 Å². The van der Waals surface area contributed by atoms with Crippen LogP contribution in [0.1, 0.15) is 23.2 Å². The van der Waals surface area contributed by atoms with E-state index < -0.39 is 0 Å². The van der Waals surface area contributed by atoms with Crippen molar-refractivity contribution >= 4 is 17.5 Å². The van der Waals surface area contributed by atoms with Crippen molar-refractivity contribution in [3.05, 3.63) is 41.5 Å². The standard InChI is InChI=1S/C12H11FN2O2S/c1-7(18-12-15-14-8(2)17-12)11(16)9-3-5-10(13)6-4-9/h3-7H,1-2H3/t7-/m0/s1. The van der Waals surface area contributed by atoms with Gasteiger partial charge in [-0.15, -0.1) is 10.2 Å². The van der Waals surface area contributed by atoms with Crippen molar-refractivity contribution in [3.63, 3.8) is 0 Å². The Morgan fingerprint density at radius 3 is 2.56 bits per heavy atom. The lowest BCUT2D eigenvalue weighted by atomic mass is 10.1. The van der Waals surface area contributed by atoms with E-state index in [9.17, 15) is 9.18 Å². The molecule has 6 heteroatoms. The van der Waals surface area contributed by atoms with Crippen molar-refractivity contribution in [2.75, 3.05) is 0 Å². The van der Waals surface area contributed by atoms with Gasteiger partial charge in [0.25, 0.3) is 5.22 Å². The minimum absolute atomic E-state index is 0.101. The Kier molecular flexibility index (Phi) is 3.76. The van der Waals surface area contributed by atoms with E-state index in [0.29, 0.717) is 16.7 Å². The average Bonchev–Trinajstić information content (AvgIpc) is 2.75. The predicted octanol–water partition coefficient (Wildman–Crippen LogP) is 2.88. The van der Waals surface area contributed by atoms with Gasteiger partial charge in [0.1, 0.15) is 5.82 Å². The summed E-state index contributed by atoms with van der Waals surface area (Å²) < 4.78 is 17.9. The molecular weight excluding hydrogens is 255 g/mol. The van der Waals surface area contributed by atoms with Crippen LogP contribution < -0.4 is 0 Å². The number of nitrogens with zero attached hydrogens (tertiary/aromatic N) is 2. The monoisotopic (exact) mass is 266 g/mol. The first kappa shape index (κ1) is 12.8. The zero-order chi connectivity index (χ0) is 13.1. The average molecular weight is 266 g/mol. The summed E-state index contributed by atoms with van der Waals surface area (Å²) in [4.78, 5) is 12.0. The molecule has 94 valence electrons. The SMILES string of the molecule is Cc1nnc(S[C@@H](C)C(=O)c2ccc(F)cc2)o1. The second-order valence-electron chi connectivity index (χ2n) is 3.72. The number of halogens is 1. The third kappa shape index (κ3) is 2.95. The van der Waals surface area contributed by atoms with Gasteiger partial charge >= 0.3 is 0 Å². The summed E-state index contributed by atoms with van der Waals surface area (Å²) in [7, 11) is 0. The molecule has 0 saturated carbocycles. The van der Waals surface area contributed by atoms with Gasteiger partial charge in [0.2, 0.25) is 5.89 Å². The van der Waals surface area contributed by atoms with Crippen LogP contribution in [0, 0.1) is 12.7 Å². The molecule has 0 fully saturated rings. The van der Waals surface area contributed by atoms with Crippen LogP contribution in [-0.4, -0.2) is 21.2 Å². The van der Waals surface area contributed by atoms with Gasteiger partial charge in [-0.1, -0.05) is 11.8 Å². The first-order valence-corrected chi connectivity index (χ1v) is 6.21. The van der Waals surface area contributed by atoms with Crippen LogP contribution in [0.15, 0.2) is 33.9 Å². The maximum atomic E-state index is 12.8. The second kappa shape index (κ2) is 5.30. The fourth-order valence-corrected chi connectivity index (χ4v) is 2.18. The van der Waals surface area contributed by atoms with Gasteiger partial charge in [0, 0.05) is 12.5 Å². The molecule has 0 aliphatic carbocycles. The van der Waals surface area contributed by atoms with Gasteiger partial charge < -0.3 is 4.42 Å². The highest BCUT2D eigenvalue weighted by Gasteiger charge is 2.19. The smallest absolute Gasteiger partial charge is 0.277 e. The molecule has 1 aromatic carbocycles. The van der Waals surface area contributed by atoms with E-state index in [0.717, 1.165) is 0 Å². The molecule has 0 spiro atoms. The van der Waals surface area contributed by atoms with Crippen molar-refractivity contribution in [1.29, 1.82) is 0 Å². The van der Waals surface area contributed by atoms with E-state index in [-0.39, 0.29) is 16.9 Å². The van der Waals surface area contributed by atoms with Crippen molar-refractivity contribution in [2.45, 2.75) is 24.3 Å². The third-order valence-corrected chi connectivity index (χ3v) is 3.22. The lowest BCUT2D eigenvalue weighted by Crippen LogP contribution is -2.13. The van der Waals surface area contributed by atoms with Crippen molar-refractivity contribution in [2.24, 2.45) is 0 Å². The number of aryl methyl sites for hydroxylation is 1. The van der Waals surface area contributed by atoms with E-state index in [1.807, 2.05) is 0 Å². The highest BCUT2D eigenvalue weighted by molar-refractivity contribution is 8.00. The zero-order valence-corrected chi connectivity index (χ0v) is 10.7. The van der Waals surface area contributed by atoms with E-state index in [1.54, 1.807) is 13.8 Å². The fourth-order valence-electron chi connectivity index (χ4n) is 1.38. The van der Waals surface area contributed by atoms with Gasteiger partial charge in [-0.25, -0.2) is 4.39 Å². The maximum absolute atomic E-state index is 12.8. The van der Waals surface area contributed by atoms with Crippen LogP contribution in [0.5, 0.6) is 0 Å². The number of ketones is 1. The second-order valence-corrected chi connectivity index (χ2v) is 5.01. The van der Waals surface area contributed by atoms with Crippen LogP contribution >= 0.6 is 11.8 Å². The summed E-state index contributed by atoms with van der Waals surface area (Å²) in [5.41, 5.74) is 0.465. The number of carbonyl (C=O) groups excluding carboxylic acids is 1. The third-order valence-electron chi connectivity index (χ3n) is 2.28. The summed E-state index contributed by atoms with van der Waals surface area (Å²) >= 11 is 1.19. The molecule has 0 N–H and O–H groups in total. The zero-order valence-electron chi connectivity index (χ0n) is 9.88. The Bertz CT molecular complexity index is 553. The Morgan fingerprint density at radius 1 is 1.33 bits per heavy atom. The topological polar surface area (TPSA) is 56.0 Å². The van der Waals surface area contributed by atoms with Crippen molar-refractivity contribution in [1.82, 2.24) is 10.2 Å².